The standard InChI is InChI=1S/C18H19N3O3S2/c22-16(6-5-12-3-2-10-25-12)21-8-7-13-15(11-21)26-18(19-13)20-17(23)14-4-1-9-24-14/h2-3,5-6,10,14H,1,4,7-9,11H2,(H,19,20,23). The van der Waals surface area contributed by atoms with Gasteiger partial charge in [-0.3, -0.25) is 14.9 Å². The number of thiophene rings is 1. The van der Waals surface area contributed by atoms with Crippen LogP contribution in [0, 0.1) is 0 Å². The Morgan fingerprint density at radius 2 is 2.35 bits per heavy atom. The lowest BCUT2D eigenvalue weighted by molar-refractivity contribution is -0.127. The first-order valence-corrected chi connectivity index (χ1v) is 10.3. The fourth-order valence-corrected chi connectivity index (χ4v) is 4.70. The van der Waals surface area contributed by atoms with Crippen molar-refractivity contribution >= 4 is 45.7 Å². The summed E-state index contributed by atoms with van der Waals surface area (Å²) >= 11 is 3.05. The molecule has 0 radical (unpaired) electrons. The second-order valence-electron chi connectivity index (χ2n) is 6.24. The molecule has 0 bridgehead atoms. The molecular formula is C18H19N3O3S2. The summed E-state index contributed by atoms with van der Waals surface area (Å²) in [6.45, 7) is 1.82. The molecule has 1 N–H and O–H groups in total. The normalized spacial score (nSPS) is 19.7. The van der Waals surface area contributed by atoms with E-state index >= 15 is 0 Å². The van der Waals surface area contributed by atoms with Gasteiger partial charge in [-0.1, -0.05) is 17.4 Å². The molecule has 1 fully saturated rings. The van der Waals surface area contributed by atoms with Gasteiger partial charge in [0.2, 0.25) is 5.91 Å². The van der Waals surface area contributed by atoms with Crippen molar-refractivity contribution in [1.29, 1.82) is 0 Å². The summed E-state index contributed by atoms with van der Waals surface area (Å²) in [5, 5.41) is 5.44. The van der Waals surface area contributed by atoms with Crippen molar-refractivity contribution in [3.63, 3.8) is 0 Å². The molecule has 2 amide bonds. The Morgan fingerprint density at radius 1 is 1.42 bits per heavy atom. The third-order valence-electron chi connectivity index (χ3n) is 4.43. The number of rotatable bonds is 4. The van der Waals surface area contributed by atoms with Crippen LogP contribution in [0.25, 0.3) is 6.08 Å². The van der Waals surface area contributed by atoms with E-state index in [-0.39, 0.29) is 17.9 Å². The van der Waals surface area contributed by atoms with Crippen LogP contribution in [0.1, 0.15) is 28.3 Å². The molecule has 136 valence electrons. The molecule has 2 aromatic heterocycles. The molecule has 26 heavy (non-hydrogen) atoms. The Bertz CT molecular complexity index is 823. The Kier molecular flexibility index (Phi) is 5.14. The quantitative estimate of drug-likeness (QED) is 0.816. The summed E-state index contributed by atoms with van der Waals surface area (Å²) in [6, 6.07) is 3.95. The van der Waals surface area contributed by atoms with Crippen LogP contribution in [0.5, 0.6) is 0 Å². The molecule has 6 nitrogen and oxygen atoms in total. The van der Waals surface area contributed by atoms with Crippen LogP contribution in [0.4, 0.5) is 5.13 Å². The van der Waals surface area contributed by atoms with Gasteiger partial charge in [0.05, 0.1) is 12.2 Å². The van der Waals surface area contributed by atoms with Gasteiger partial charge < -0.3 is 9.64 Å². The van der Waals surface area contributed by atoms with Crippen molar-refractivity contribution in [2.24, 2.45) is 0 Å². The van der Waals surface area contributed by atoms with E-state index < -0.39 is 0 Å². The summed E-state index contributed by atoms with van der Waals surface area (Å²) < 4.78 is 5.40. The highest BCUT2D eigenvalue weighted by Gasteiger charge is 2.27. The van der Waals surface area contributed by atoms with Gasteiger partial charge >= 0.3 is 0 Å². The maximum absolute atomic E-state index is 12.4. The highest BCUT2D eigenvalue weighted by molar-refractivity contribution is 7.15. The average molecular weight is 390 g/mol. The number of ether oxygens (including phenoxy) is 1. The number of thiazole rings is 1. The van der Waals surface area contributed by atoms with Crippen molar-refractivity contribution in [3.05, 3.63) is 39.0 Å². The highest BCUT2D eigenvalue weighted by atomic mass is 32.1. The van der Waals surface area contributed by atoms with E-state index in [4.69, 9.17) is 4.74 Å². The van der Waals surface area contributed by atoms with Crippen molar-refractivity contribution < 1.29 is 14.3 Å². The topological polar surface area (TPSA) is 71.5 Å². The number of anilines is 1. The van der Waals surface area contributed by atoms with Gasteiger partial charge in [-0.2, -0.15) is 0 Å². The van der Waals surface area contributed by atoms with Crippen molar-refractivity contribution in [3.8, 4) is 0 Å². The van der Waals surface area contributed by atoms with Crippen LogP contribution in [-0.2, 0) is 27.3 Å². The minimum Gasteiger partial charge on any atom is -0.368 e. The van der Waals surface area contributed by atoms with Gasteiger partial charge in [-0.25, -0.2) is 4.98 Å². The highest BCUT2D eigenvalue weighted by Crippen LogP contribution is 2.29. The molecule has 1 saturated heterocycles. The zero-order chi connectivity index (χ0) is 17.9. The minimum atomic E-state index is -0.364. The van der Waals surface area contributed by atoms with Crippen LogP contribution in [0.2, 0.25) is 0 Å². The number of carbonyl (C=O) groups is 2. The minimum absolute atomic E-state index is 0.00221. The molecule has 4 heterocycles. The molecule has 0 aliphatic carbocycles. The Morgan fingerprint density at radius 3 is 3.12 bits per heavy atom. The van der Waals surface area contributed by atoms with E-state index in [1.54, 1.807) is 17.4 Å². The first kappa shape index (κ1) is 17.4. The fraction of sp³-hybridized carbons (Fsp3) is 0.389. The van der Waals surface area contributed by atoms with Gasteiger partial charge in [0.15, 0.2) is 5.13 Å². The molecule has 8 heteroatoms. The molecule has 2 aliphatic heterocycles. The number of nitrogens with one attached hydrogen (secondary N) is 1. The van der Waals surface area contributed by atoms with Gasteiger partial charge in [0.1, 0.15) is 6.10 Å². The number of aromatic nitrogens is 1. The Balaban J connectivity index is 1.38. The zero-order valence-electron chi connectivity index (χ0n) is 14.1. The molecule has 2 aromatic rings. The van der Waals surface area contributed by atoms with Crippen molar-refractivity contribution in [1.82, 2.24) is 9.88 Å². The monoisotopic (exact) mass is 389 g/mol. The average Bonchev–Trinajstić information content (AvgIpc) is 3.39. The molecule has 1 unspecified atom stereocenters. The molecule has 2 aliphatic rings. The largest absolute Gasteiger partial charge is 0.368 e. The SMILES string of the molecule is O=C(Nc1nc2c(s1)CN(C(=O)C=Cc1cccs1)CC2)C1CCCO1. The van der Waals surface area contributed by atoms with E-state index in [9.17, 15) is 9.59 Å². The van der Waals surface area contributed by atoms with Gasteiger partial charge in [0, 0.05) is 35.4 Å². The summed E-state index contributed by atoms with van der Waals surface area (Å²) in [4.78, 5) is 33.0. The molecule has 0 spiro atoms. The number of nitrogens with zero attached hydrogens (tertiary/aromatic N) is 2. The summed E-state index contributed by atoms with van der Waals surface area (Å²) in [6.07, 6.45) is 5.50. The Hall–Kier alpha value is -2.03. The molecule has 0 saturated carbocycles. The second kappa shape index (κ2) is 7.69. The van der Waals surface area contributed by atoms with Crippen LogP contribution in [-0.4, -0.2) is 41.0 Å². The summed E-state index contributed by atoms with van der Waals surface area (Å²) in [5.74, 6) is -0.122. The number of carbonyl (C=O) groups excluding carboxylic acids is 2. The van der Waals surface area contributed by atoms with Gasteiger partial charge in [-0.15, -0.1) is 11.3 Å². The lowest BCUT2D eigenvalue weighted by atomic mass is 10.2. The second-order valence-corrected chi connectivity index (χ2v) is 8.30. The zero-order valence-corrected chi connectivity index (χ0v) is 15.8. The van der Waals surface area contributed by atoms with Crippen LogP contribution in [0.15, 0.2) is 23.6 Å². The number of hydrogen-bond donors (Lipinski definition) is 1. The molecule has 1 atom stereocenters. The lowest BCUT2D eigenvalue weighted by Crippen LogP contribution is -2.34. The third-order valence-corrected chi connectivity index (χ3v) is 6.26. The van der Waals surface area contributed by atoms with E-state index in [0.29, 0.717) is 31.2 Å². The van der Waals surface area contributed by atoms with Crippen LogP contribution in [0.3, 0.4) is 0 Å². The van der Waals surface area contributed by atoms with E-state index in [2.05, 4.69) is 10.3 Å². The van der Waals surface area contributed by atoms with Crippen LogP contribution < -0.4 is 5.32 Å². The summed E-state index contributed by atoms with van der Waals surface area (Å²) in [5.41, 5.74) is 0.976. The maximum Gasteiger partial charge on any atom is 0.255 e. The number of fused-ring (bicyclic) bond motifs is 1. The smallest absolute Gasteiger partial charge is 0.255 e. The van der Waals surface area contributed by atoms with E-state index in [1.165, 1.54) is 11.3 Å². The lowest BCUT2D eigenvalue weighted by Gasteiger charge is -2.24. The first-order chi connectivity index (χ1) is 12.7. The molecule has 4 rings (SSSR count). The third kappa shape index (κ3) is 3.87. The predicted molar refractivity (Wildman–Crippen MR) is 102 cm³/mol. The number of hydrogen-bond acceptors (Lipinski definition) is 6. The van der Waals surface area contributed by atoms with Gasteiger partial charge in [-0.05, 0) is 30.4 Å². The molecule has 0 aromatic carbocycles. The number of amides is 2. The first-order valence-electron chi connectivity index (χ1n) is 8.60. The Labute approximate surface area is 159 Å². The van der Waals surface area contributed by atoms with Gasteiger partial charge in [0.25, 0.3) is 5.91 Å². The predicted octanol–water partition coefficient (Wildman–Crippen LogP) is 2.92. The van der Waals surface area contributed by atoms with Crippen molar-refractivity contribution in [2.45, 2.75) is 31.9 Å². The molecular weight excluding hydrogens is 370 g/mol. The summed E-state index contributed by atoms with van der Waals surface area (Å²) in [7, 11) is 0. The van der Waals surface area contributed by atoms with E-state index in [0.717, 1.165) is 28.3 Å². The maximum atomic E-state index is 12.4. The van der Waals surface area contributed by atoms with E-state index in [1.807, 2.05) is 28.5 Å². The van der Waals surface area contributed by atoms with Crippen molar-refractivity contribution in [2.75, 3.05) is 18.5 Å². The fourth-order valence-electron chi connectivity index (χ4n) is 3.05. The van der Waals surface area contributed by atoms with Crippen LogP contribution >= 0.6 is 22.7 Å².